The lowest BCUT2D eigenvalue weighted by molar-refractivity contribution is 0.242. The van der Waals surface area contributed by atoms with E-state index in [0.717, 1.165) is 37.6 Å². The van der Waals surface area contributed by atoms with Gasteiger partial charge in [0.2, 0.25) is 0 Å². The summed E-state index contributed by atoms with van der Waals surface area (Å²) in [6.07, 6.45) is 0. The first-order valence-corrected chi connectivity index (χ1v) is 10.4. The topological polar surface area (TPSA) is 54.0 Å². The van der Waals surface area contributed by atoms with Gasteiger partial charge in [-0.15, -0.1) is 11.3 Å². The zero-order chi connectivity index (χ0) is 19.8. The molecule has 0 bridgehead atoms. The van der Waals surface area contributed by atoms with Gasteiger partial charge in [-0.25, -0.2) is 9.78 Å². The molecule has 4 nitrogen and oxygen atoms in total. The summed E-state index contributed by atoms with van der Waals surface area (Å²) in [5, 5.41) is 7.49. The molecule has 5 rings (SSSR count). The zero-order valence-corrected chi connectivity index (χ0v) is 16.8. The number of fused-ring (bicyclic) bond motifs is 1. The van der Waals surface area contributed by atoms with Crippen molar-refractivity contribution in [2.75, 3.05) is 0 Å². The van der Waals surface area contributed by atoms with Gasteiger partial charge in [-0.1, -0.05) is 72.3 Å². The van der Waals surface area contributed by atoms with E-state index < -0.39 is 6.04 Å². The average molecular weight is 418 g/mol. The molecule has 1 aliphatic heterocycles. The van der Waals surface area contributed by atoms with Crippen molar-refractivity contribution in [1.82, 2.24) is 15.6 Å². The Morgan fingerprint density at radius 3 is 2.41 bits per heavy atom. The number of hydrogen-bond donors (Lipinski definition) is 2. The Bertz CT molecular complexity index is 1220. The summed E-state index contributed by atoms with van der Waals surface area (Å²) in [6.45, 7) is 0. The molecule has 2 heterocycles. The highest BCUT2D eigenvalue weighted by atomic mass is 35.5. The first-order chi connectivity index (χ1) is 14.2. The lowest BCUT2D eigenvalue weighted by atomic mass is 9.93. The van der Waals surface area contributed by atoms with Gasteiger partial charge < -0.3 is 10.6 Å². The monoisotopic (exact) mass is 417 g/mol. The fourth-order valence-electron chi connectivity index (χ4n) is 3.56. The molecular formula is C23H16ClN3OS. The second kappa shape index (κ2) is 7.35. The van der Waals surface area contributed by atoms with Crippen LogP contribution in [0, 0.1) is 0 Å². The number of amides is 2. The number of thiazole rings is 1. The Morgan fingerprint density at radius 1 is 0.897 bits per heavy atom. The summed E-state index contributed by atoms with van der Waals surface area (Å²) in [5.74, 6) is 0. The van der Waals surface area contributed by atoms with Gasteiger partial charge in [-0.05, 0) is 29.3 Å². The van der Waals surface area contributed by atoms with Crippen LogP contribution in [0.25, 0.3) is 21.5 Å². The fourth-order valence-corrected chi connectivity index (χ4v) is 4.85. The summed E-state index contributed by atoms with van der Waals surface area (Å²) < 4.78 is 1.09. The van der Waals surface area contributed by atoms with Gasteiger partial charge in [0.1, 0.15) is 5.01 Å². The van der Waals surface area contributed by atoms with Gasteiger partial charge in [0.05, 0.1) is 22.0 Å². The molecule has 4 aromatic rings. The number of rotatable bonds is 3. The van der Waals surface area contributed by atoms with E-state index in [0.29, 0.717) is 5.02 Å². The van der Waals surface area contributed by atoms with Gasteiger partial charge in [0.25, 0.3) is 0 Å². The van der Waals surface area contributed by atoms with Gasteiger partial charge in [-0.2, -0.15) is 0 Å². The van der Waals surface area contributed by atoms with Crippen molar-refractivity contribution in [3.63, 3.8) is 0 Å². The summed E-state index contributed by atoms with van der Waals surface area (Å²) >= 11 is 8.12. The van der Waals surface area contributed by atoms with Gasteiger partial charge in [0.15, 0.2) is 0 Å². The minimum absolute atomic E-state index is 0.265. The summed E-state index contributed by atoms with van der Waals surface area (Å²) in [5.41, 5.74) is 4.35. The second-order valence-corrected chi connectivity index (χ2v) is 8.13. The molecule has 0 saturated carbocycles. The minimum atomic E-state index is -0.409. The zero-order valence-electron chi connectivity index (χ0n) is 15.2. The number of benzene rings is 3. The van der Waals surface area contributed by atoms with Crippen molar-refractivity contribution in [3.8, 4) is 0 Å². The van der Waals surface area contributed by atoms with Gasteiger partial charge in [0, 0.05) is 10.6 Å². The Hall–Kier alpha value is -3.15. The van der Waals surface area contributed by atoms with Crippen LogP contribution in [0.15, 0.2) is 78.9 Å². The molecule has 142 valence electrons. The lowest BCUT2D eigenvalue weighted by Crippen LogP contribution is -2.43. The second-order valence-electron chi connectivity index (χ2n) is 6.69. The molecule has 0 spiro atoms. The van der Waals surface area contributed by atoms with Crippen LogP contribution in [0.3, 0.4) is 0 Å². The molecule has 29 heavy (non-hydrogen) atoms. The summed E-state index contributed by atoms with van der Waals surface area (Å²) in [6, 6.07) is 24.8. The number of nitrogens with one attached hydrogen (secondary N) is 2. The molecule has 0 saturated heterocycles. The van der Waals surface area contributed by atoms with E-state index in [1.165, 1.54) is 0 Å². The number of hydrogen-bond acceptors (Lipinski definition) is 3. The van der Waals surface area contributed by atoms with E-state index in [2.05, 4.69) is 16.7 Å². The van der Waals surface area contributed by atoms with E-state index in [9.17, 15) is 4.79 Å². The molecule has 0 aliphatic carbocycles. The molecule has 1 atom stereocenters. The van der Waals surface area contributed by atoms with Crippen molar-refractivity contribution >= 4 is 50.5 Å². The number of urea groups is 1. The molecule has 1 unspecified atom stereocenters. The molecular weight excluding hydrogens is 402 g/mol. The van der Waals surface area contributed by atoms with Crippen LogP contribution in [0.4, 0.5) is 4.79 Å². The smallest absolute Gasteiger partial charge is 0.320 e. The fraction of sp³-hybridized carbons (Fsp3) is 0.0435. The Kier molecular flexibility index (Phi) is 4.54. The van der Waals surface area contributed by atoms with Crippen LogP contribution in [0.5, 0.6) is 0 Å². The van der Waals surface area contributed by atoms with Crippen LogP contribution in [-0.2, 0) is 0 Å². The minimum Gasteiger partial charge on any atom is -0.327 e. The van der Waals surface area contributed by atoms with Crippen LogP contribution < -0.4 is 10.6 Å². The number of aromatic nitrogens is 1. The molecule has 0 radical (unpaired) electrons. The third kappa shape index (κ3) is 3.28. The molecule has 6 heteroatoms. The number of para-hydroxylation sites is 1. The van der Waals surface area contributed by atoms with Gasteiger partial charge in [-0.3, -0.25) is 0 Å². The third-order valence-electron chi connectivity index (χ3n) is 4.87. The van der Waals surface area contributed by atoms with Crippen molar-refractivity contribution in [2.24, 2.45) is 0 Å². The molecule has 0 fully saturated rings. The lowest BCUT2D eigenvalue weighted by Gasteiger charge is -2.30. The first-order valence-electron chi connectivity index (χ1n) is 9.18. The Balaban J connectivity index is 1.79. The average Bonchev–Trinajstić information content (AvgIpc) is 3.18. The number of carbonyl (C=O) groups excluding carboxylic acids is 1. The third-order valence-corrected chi connectivity index (χ3v) is 6.29. The highest BCUT2D eigenvalue weighted by molar-refractivity contribution is 7.19. The standard InChI is InChI=1S/C23H16ClN3OS/c24-16-11-5-4-10-15(16)21-19(22-25-17-12-6-7-13-18(17)29-22)20(26-23(28)27-21)14-8-2-1-3-9-14/h1-13,21H,(H2,26,27,28). The van der Waals surface area contributed by atoms with E-state index >= 15 is 0 Å². The van der Waals surface area contributed by atoms with Crippen molar-refractivity contribution in [2.45, 2.75) is 6.04 Å². The van der Waals surface area contributed by atoms with Crippen LogP contribution in [0.2, 0.25) is 5.02 Å². The Morgan fingerprint density at radius 2 is 1.62 bits per heavy atom. The highest BCUT2D eigenvalue weighted by Crippen LogP contribution is 2.42. The van der Waals surface area contributed by atoms with Crippen LogP contribution in [0.1, 0.15) is 22.2 Å². The van der Waals surface area contributed by atoms with Gasteiger partial charge >= 0.3 is 6.03 Å². The SMILES string of the molecule is O=C1NC(c2ccccc2)=C(c2nc3ccccc3s2)C(c2ccccc2Cl)N1. The molecule has 1 aliphatic rings. The van der Waals surface area contributed by atoms with E-state index in [4.69, 9.17) is 16.6 Å². The maximum absolute atomic E-state index is 12.6. The van der Waals surface area contributed by atoms with Crippen molar-refractivity contribution < 1.29 is 4.79 Å². The quantitative estimate of drug-likeness (QED) is 0.437. The molecule has 1 aromatic heterocycles. The number of nitrogens with zero attached hydrogens (tertiary/aromatic N) is 1. The number of carbonyl (C=O) groups is 1. The Labute approximate surface area is 176 Å². The summed E-state index contributed by atoms with van der Waals surface area (Å²) in [7, 11) is 0. The summed E-state index contributed by atoms with van der Waals surface area (Å²) in [4.78, 5) is 17.4. The van der Waals surface area contributed by atoms with E-state index in [-0.39, 0.29) is 6.03 Å². The normalized spacial score (nSPS) is 16.6. The predicted molar refractivity (Wildman–Crippen MR) is 119 cm³/mol. The largest absolute Gasteiger partial charge is 0.327 e. The molecule has 2 N–H and O–H groups in total. The number of halogens is 1. The maximum atomic E-state index is 12.6. The predicted octanol–water partition coefficient (Wildman–Crippen LogP) is 5.87. The molecule has 2 amide bonds. The molecule has 3 aromatic carbocycles. The maximum Gasteiger partial charge on any atom is 0.320 e. The van der Waals surface area contributed by atoms with Crippen molar-refractivity contribution in [3.05, 3.63) is 100 Å². The highest BCUT2D eigenvalue weighted by Gasteiger charge is 2.32. The van der Waals surface area contributed by atoms with Crippen LogP contribution >= 0.6 is 22.9 Å². The van der Waals surface area contributed by atoms with Crippen LogP contribution in [-0.4, -0.2) is 11.0 Å². The van der Waals surface area contributed by atoms with E-state index in [1.807, 2.05) is 72.8 Å². The first kappa shape index (κ1) is 17.9. The van der Waals surface area contributed by atoms with E-state index in [1.54, 1.807) is 11.3 Å². The van der Waals surface area contributed by atoms with Crippen molar-refractivity contribution in [1.29, 1.82) is 0 Å².